The van der Waals surface area contributed by atoms with Crippen LogP contribution in [0.25, 0.3) is 0 Å². The van der Waals surface area contributed by atoms with Crippen LogP contribution in [-0.4, -0.2) is 23.4 Å². The lowest BCUT2D eigenvalue weighted by atomic mass is 9.95. The van der Waals surface area contributed by atoms with Gasteiger partial charge >= 0.3 is 0 Å². The van der Waals surface area contributed by atoms with Crippen LogP contribution in [0.4, 0.5) is 0 Å². The Morgan fingerprint density at radius 3 is 1.88 bits per heavy atom. The van der Waals surface area contributed by atoms with Crippen molar-refractivity contribution < 1.29 is 4.79 Å². The third kappa shape index (κ3) is 6.02. The van der Waals surface area contributed by atoms with E-state index in [4.69, 9.17) is 0 Å². The van der Waals surface area contributed by atoms with E-state index in [0.29, 0.717) is 12.6 Å². The van der Waals surface area contributed by atoms with Crippen molar-refractivity contribution in [3.8, 4) is 0 Å². The molecule has 0 saturated heterocycles. The zero-order chi connectivity index (χ0) is 17.3. The molecule has 1 aliphatic rings. The number of carbonyl (C=O) groups is 1. The van der Waals surface area contributed by atoms with Crippen LogP contribution in [0.1, 0.15) is 43.2 Å². The monoisotopic (exact) mass is 336 g/mol. The number of amides is 1. The summed E-state index contributed by atoms with van der Waals surface area (Å²) in [6.07, 6.45) is 6.04. The number of hydrogen-bond donors (Lipinski definition) is 1. The first kappa shape index (κ1) is 17.7. The molecule has 1 saturated carbocycles. The number of nitrogens with one attached hydrogen (secondary N) is 1. The molecule has 1 aliphatic carbocycles. The molecule has 0 radical (unpaired) electrons. The smallest absolute Gasteiger partial charge is 0.234 e. The van der Waals surface area contributed by atoms with Gasteiger partial charge in [-0.2, -0.15) is 0 Å². The molecule has 1 N–H and O–H groups in total. The first-order valence-electron chi connectivity index (χ1n) is 9.39. The Bertz CT molecular complexity index is 594. The molecular weight excluding hydrogens is 308 g/mol. The summed E-state index contributed by atoms with van der Waals surface area (Å²) >= 11 is 0. The van der Waals surface area contributed by atoms with Crippen LogP contribution < -0.4 is 5.32 Å². The molecule has 3 nitrogen and oxygen atoms in total. The molecule has 25 heavy (non-hydrogen) atoms. The van der Waals surface area contributed by atoms with E-state index < -0.39 is 0 Å². The fraction of sp³-hybridized carbons (Fsp3) is 0.409. The molecular formula is C22H28N2O. The minimum absolute atomic E-state index is 0.152. The third-order valence-corrected chi connectivity index (χ3v) is 4.84. The Labute approximate surface area is 151 Å². The molecule has 0 atom stereocenters. The van der Waals surface area contributed by atoms with E-state index in [2.05, 4.69) is 58.7 Å². The van der Waals surface area contributed by atoms with Gasteiger partial charge in [0.2, 0.25) is 5.91 Å². The van der Waals surface area contributed by atoms with Gasteiger partial charge in [0.25, 0.3) is 0 Å². The highest BCUT2D eigenvalue weighted by molar-refractivity contribution is 5.78. The molecule has 2 aromatic carbocycles. The van der Waals surface area contributed by atoms with E-state index in [-0.39, 0.29) is 5.91 Å². The van der Waals surface area contributed by atoms with Crippen molar-refractivity contribution in [1.29, 1.82) is 0 Å². The zero-order valence-corrected chi connectivity index (χ0v) is 14.9. The predicted octanol–water partition coefficient (Wildman–Crippen LogP) is 4.14. The fourth-order valence-electron chi connectivity index (χ4n) is 3.57. The number of hydrogen-bond acceptors (Lipinski definition) is 2. The van der Waals surface area contributed by atoms with E-state index in [0.717, 1.165) is 25.9 Å². The standard InChI is InChI=1S/C22H28N2O/c25-22(23-21-14-8-3-9-15-21)18-24(16-19-10-4-1-5-11-19)17-20-12-6-2-7-13-20/h1-2,4-7,10-13,21H,3,8-9,14-18H2,(H,23,25). The van der Waals surface area contributed by atoms with Gasteiger partial charge in [-0.3, -0.25) is 9.69 Å². The maximum atomic E-state index is 12.5. The summed E-state index contributed by atoms with van der Waals surface area (Å²) in [5, 5.41) is 3.24. The highest BCUT2D eigenvalue weighted by Gasteiger charge is 2.18. The van der Waals surface area contributed by atoms with Gasteiger partial charge in [0.1, 0.15) is 0 Å². The molecule has 3 rings (SSSR count). The number of nitrogens with zero attached hydrogens (tertiary/aromatic N) is 1. The Morgan fingerprint density at radius 1 is 0.840 bits per heavy atom. The van der Waals surface area contributed by atoms with Crippen LogP contribution in [0, 0.1) is 0 Å². The minimum Gasteiger partial charge on any atom is -0.352 e. The van der Waals surface area contributed by atoms with Gasteiger partial charge in [0, 0.05) is 19.1 Å². The van der Waals surface area contributed by atoms with Gasteiger partial charge in [-0.1, -0.05) is 79.9 Å². The fourth-order valence-corrected chi connectivity index (χ4v) is 3.57. The SMILES string of the molecule is O=C(CN(Cc1ccccc1)Cc1ccccc1)NC1CCCCC1. The third-order valence-electron chi connectivity index (χ3n) is 4.84. The zero-order valence-electron chi connectivity index (χ0n) is 14.9. The lowest BCUT2D eigenvalue weighted by Gasteiger charge is -2.26. The van der Waals surface area contributed by atoms with Crippen molar-refractivity contribution >= 4 is 5.91 Å². The maximum Gasteiger partial charge on any atom is 0.234 e. The van der Waals surface area contributed by atoms with E-state index in [1.165, 1.54) is 30.4 Å². The highest BCUT2D eigenvalue weighted by Crippen LogP contribution is 2.17. The van der Waals surface area contributed by atoms with Crippen LogP contribution in [0.5, 0.6) is 0 Å². The van der Waals surface area contributed by atoms with Crippen molar-refractivity contribution in [2.24, 2.45) is 0 Å². The van der Waals surface area contributed by atoms with E-state index in [9.17, 15) is 4.79 Å². The van der Waals surface area contributed by atoms with E-state index >= 15 is 0 Å². The van der Waals surface area contributed by atoms with Crippen LogP contribution >= 0.6 is 0 Å². The molecule has 0 unspecified atom stereocenters. The molecule has 2 aromatic rings. The number of benzene rings is 2. The Kier molecular flexibility index (Phi) is 6.63. The largest absolute Gasteiger partial charge is 0.352 e. The van der Waals surface area contributed by atoms with Crippen LogP contribution in [0.15, 0.2) is 60.7 Å². The molecule has 1 fully saturated rings. The second-order valence-electron chi connectivity index (χ2n) is 7.02. The van der Waals surface area contributed by atoms with Gasteiger partial charge < -0.3 is 5.32 Å². The van der Waals surface area contributed by atoms with Crippen LogP contribution in [0.3, 0.4) is 0 Å². The number of carbonyl (C=O) groups excluding carboxylic acids is 1. The summed E-state index contributed by atoms with van der Waals surface area (Å²) in [7, 11) is 0. The van der Waals surface area contributed by atoms with Gasteiger partial charge in [-0.15, -0.1) is 0 Å². The summed E-state index contributed by atoms with van der Waals surface area (Å²) in [6.45, 7) is 2.02. The molecule has 0 bridgehead atoms. The summed E-state index contributed by atoms with van der Waals surface area (Å²) in [5.41, 5.74) is 2.48. The average Bonchev–Trinajstić information content (AvgIpc) is 2.64. The van der Waals surface area contributed by atoms with Crippen molar-refractivity contribution in [2.45, 2.75) is 51.2 Å². The summed E-state index contributed by atoms with van der Waals surface area (Å²) in [5.74, 6) is 0.152. The highest BCUT2D eigenvalue weighted by atomic mass is 16.2. The van der Waals surface area contributed by atoms with Gasteiger partial charge in [0.05, 0.1) is 6.54 Å². The molecule has 132 valence electrons. The predicted molar refractivity (Wildman–Crippen MR) is 102 cm³/mol. The maximum absolute atomic E-state index is 12.5. The van der Waals surface area contributed by atoms with Crippen molar-refractivity contribution in [3.63, 3.8) is 0 Å². The second kappa shape index (κ2) is 9.38. The summed E-state index contributed by atoms with van der Waals surface area (Å²) in [4.78, 5) is 14.8. The lowest BCUT2D eigenvalue weighted by Crippen LogP contribution is -2.42. The Hall–Kier alpha value is -2.13. The van der Waals surface area contributed by atoms with Crippen LogP contribution in [-0.2, 0) is 17.9 Å². The van der Waals surface area contributed by atoms with Crippen molar-refractivity contribution in [3.05, 3.63) is 71.8 Å². The Balaban J connectivity index is 1.61. The van der Waals surface area contributed by atoms with Crippen molar-refractivity contribution in [2.75, 3.05) is 6.54 Å². The normalized spacial score (nSPS) is 15.2. The molecule has 1 amide bonds. The van der Waals surface area contributed by atoms with Gasteiger partial charge in [-0.25, -0.2) is 0 Å². The topological polar surface area (TPSA) is 32.3 Å². The van der Waals surface area contributed by atoms with E-state index in [1.807, 2.05) is 12.1 Å². The quantitative estimate of drug-likeness (QED) is 0.824. The number of rotatable bonds is 7. The summed E-state index contributed by atoms with van der Waals surface area (Å²) < 4.78 is 0. The van der Waals surface area contributed by atoms with Gasteiger partial charge in [-0.05, 0) is 24.0 Å². The molecule has 0 aliphatic heterocycles. The molecule has 3 heteroatoms. The summed E-state index contributed by atoms with van der Waals surface area (Å²) in [6, 6.07) is 21.1. The molecule has 0 heterocycles. The van der Waals surface area contributed by atoms with Crippen LogP contribution in [0.2, 0.25) is 0 Å². The Morgan fingerprint density at radius 2 is 1.36 bits per heavy atom. The molecule has 0 spiro atoms. The average molecular weight is 336 g/mol. The minimum atomic E-state index is 0.152. The lowest BCUT2D eigenvalue weighted by molar-refractivity contribution is -0.123. The second-order valence-corrected chi connectivity index (χ2v) is 7.02. The first-order chi connectivity index (χ1) is 12.3. The first-order valence-corrected chi connectivity index (χ1v) is 9.39. The molecule has 0 aromatic heterocycles. The van der Waals surface area contributed by atoms with E-state index in [1.54, 1.807) is 0 Å². The van der Waals surface area contributed by atoms with Crippen molar-refractivity contribution in [1.82, 2.24) is 10.2 Å². The van der Waals surface area contributed by atoms with Gasteiger partial charge in [0.15, 0.2) is 0 Å².